The molecule has 1 unspecified atom stereocenters. The molecule has 0 aliphatic carbocycles. The number of fused-ring (bicyclic) bond motifs is 1. The van der Waals surface area contributed by atoms with Crippen molar-refractivity contribution in [1.82, 2.24) is 10.2 Å². The summed E-state index contributed by atoms with van der Waals surface area (Å²) in [4.78, 5) is 40.1. The van der Waals surface area contributed by atoms with E-state index in [4.69, 9.17) is 5.53 Å². The highest BCUT2D eigenvalue weighted by Gasteiger charge is 2.39. The van der Waals surface area contributed by atoms with Gasteiger partial charge in [0.15, 0.2) is 0 Å². The van der Waals surface area contributed by atoms with Gasteiger partial charge in [-0.2, -0.15) is 0 Å². The van der Waals surface area contributed by atoms with Crippen LogP contribution in [0.25, 0.3) is 10.4 Å². The molecule has 0 saturated carbocycles. The van der Waals surface area contributed by atoms with Crippen LogP contribution in [0.5, 0.6) is 0 Å². The normalized spacial score (nSPS) is 19.6. The Kier molecular flexibility index (Phi) is 4.35. The highest BCUT2D eigenvalue weighted by molar-refractivity contribution is 6.06. The van der Waals surface area contributed by atoms with Crippen LogP contribution in [0.2, 0.25) is 0 Å². The number of hydrogen-bond donors (Lipinski definition) is 2. The predicted molar refractivity (Wildman–Crippen MR) is 85.0 cm³/mol. The van der Waals surface area contributed by atoms with Crippen molar-refractivity contribution >= 4 is 23.4 Å². The fourth-order valence-corrected chi connectivity index (χ4v) is 3.04. The van der Waals surface area contributed by atoms with Crippen molar-refractivity contribution in [1.29, 1.82) is 0 Å². The molecule has 0 aromatic heterocycles. The van der Waals surface area contributed by atoms with Gasteiger partial charge < -0.3 is 10.2 Å². The summed E-state index contributed by atoms with van der Waals surface area (Å²) in [7, 11) is 0. The predicted octanol–water partition coefficient (Wildman–Crippen LogP) is 1.17. The molecular weight excluding hydrogens is 312 g/mol. The maximum atomic E-state index is 12.6. The van der Waals surface area contributed by atoms with Gasteiger partial charge in [-0.15, -0.1) is 0 Å². The molecule has 1 saturated heterocycles. The minimum absolute atomic E-state index is 0.210. The van der Waals surface area contributed by atoms with Crippen molar-refractivity contribution in [2.24, 2.45) is 5.11 Å². The van der Waals surface area contributed by atoms with Crippen molar-refractivity contribution in [3.63, 3.8) is 0 Å². The molecule has 0 bridgehead atoms. The van der Waals surface area contributed by atoms with Gasteiger partial charge in [-0.25, -0.2) is 0 Å². The second-order valence-corrected chi connectivity index (χ2v) is 5.61. The number of nitrogens with one attached hydrogen (secondary N) is 2. The molecule has 0 radical (unpaired) electrons. The van der Waals surface area contributed by atoms with Crippen LogP contribution in [0, 0.1) is 0 Å². The Hall–Kier alpha value is -3.06. The summed E-state index contributed by atoms with van der Waals surface area (Å²) < 4.78 is 0. The average molecular weight is 328 g/mol. The number of piperidine rings is 1. The molecule has 1 aromatic carbocycles. The Balaban J connectivity index is 1.78. The summed E-state index contributed by atoms with van der Waals surface area (Å²) in [5.41, 5.74) is 10.4. The molecule has 0 spiro atoms. The van der Waals surface area contributed by atoms with Crippen LogP contribution < -0.4 is 10.6 Å². The SMILES string of the molecule is [N-]=[N+]=NCCNc1cccc2c1CN(C1CCC(=O)NC1=O)C2=O. The van der Waals surface area contributed by atoms with E-state index < -0.39 is 11.9 Å². The third kappa shape index (κ3) is 2.89. The van der Waals surface area contributed by atoms with Crippen LogP contribution in [-0.2, 0) is 16.1 Å². The zero-order valence-corrected chi connectivity index (χ0v) is 12.9. The Bertz CT molecular complexity index is 756. The minimum atomic E-state index is -0.626. The van der Waals surface area contributed by atoms with E-state index in [0.717, 1.165) is 11.3 Å². The number of rotatable bonds is 5. The molecule has 124 valence electrons. The summed E-state index contributed by atoms with van der Waals surface area (Å²) in [5, 5.41) is 8.88. The second-order valence-electron chi connectivity index (χ2n) is 5.61. The van der Waals surface area contributed by atoms with E-state index in [1.165, 1.54) is 4.90 Å². The van der Waals surface area contributed by atoms with Gasteiger partial charge in [-0.3, -0.25) is 19.7 Å². The lowest BCUT2D eigenvalue weighted by Gasteiger charge is -2.29. The number of carbonyl (C=O) groups is 3. The highest BCUT2D eigenvalue weighted by Crippen LogP contribution is 2.32. The molecule has 2 heterocycles. The van der Waals surface area contributed by atoms with E-state index in [1.807, 2.05) is 6.07 Å². The Morgan fingerprint density at radius 2 is 2.21 bits per heavy atom. The lowest BCUT2D eigenvalue weighted by molar-refractivity contribution is -0.136. The Labute approximate surface area is 137 Å². The van der Waals surface area contributed by atoms with E-state index in [-0.39, 0.29) is 18.2 Å². The minimum Gasteiger partial charge on any atom is -0.385 e. The summed E-state index contributed by atoms with van der Waals surface area (Å²) in [6.45, 7) is 1.06. The first-order valence-electron chi connectivity index (χ1n) is 7.63. The third-order valence-corrected chi connectivity index (χ3v) is 4.17. The molecule has 9 nitrogen and oxygen atoms in total. The molecule has 9 heteroatoms. The van der Waals surface area contributed by atoms with Crippen molar-refractivity contribution in [2.75, 3.05) is 18.4 Å². The Morgan fingerprint density at radius 1 is 1.38 bits per heavy atom. The first kappa shape index (κ1) is 15.8. The number of hydrogen-bond acceptors (Lipinski definition) is 5. The molecule has 3 amide bonds. The summed E-state index contributed by atoms with van der Waals surface area (Å²) in [6, 6.07) is 4.71. The molecule has 2 aliphatic heterocycles. The van der Waals surface area contributed by atoms with Gasteiger partial charge in [0.05, 0.1) is 0 Å². The van der Waals surface area contributed by atoms with Crippen LogP contribution in [0.15, 0.2) is 23.3 Å². The van der Waals surface area contributed by atoms with Gasteiger partial charge in [-0.05, 0) is 24.1 Å². The first-order chi connectivity index (χ1) is 11.6. The van der Waals surface area contributed by atoms with Gasteiger partial charge in [-0.1, -0.05) is 11.2 Å². The van der Waals surface area contributed by atoms with Crippen LogP contribution in [0.4, 0.5) is 5.69 Å². The standard InChI is InChI=1S/C15H16N6O3/c16-20-18-7-6-17-11-3-1-2-9-10(11)8-21(15(9)24)12-4-5-13(22)19-14(12)23/h1-3,12,17H,4-8H2,(H,19,22,23). The van der Waals surface area contributed by atoms with E-state index in [0.29, 0.717) is 31.6 Å². The number of benzene rings is 1. The van der Waals surface area contributed by atoms with Crippen molar-refractivity contribution < 1.29 is 14.4 Å². The van der Waals surface area contributed by atoms with E-state index in [9.17, 15) is 14.4 Å². The zero-order chi connectivity index (χ0) is 17.1. The van der Waals surface area contributed by atoms with E-state index in [1.54, 1.807) is 12.1 Å². The average Bonchev–Trinajstić information content (AvgIpc) is 2.89. The third-order valence-electron chi connectivity index (χ3n) is 4.17. The van der Waals surface area contributed by atoms with E-state index in [2.05, 4.69) is 20.7 Å². The van der Waals surface area contributed by atoms with Gasteiger partial charge >= 0.3 is 0 Å². The van der Waals surface area contributed by atoms with Gasteiger partial charge in [0.1, 0.15) is 6.04 Å². The zero-order valence-electron chi connectivity index (χ0n) is 12.9. The summed E-state index contributed by atoms with van der Waals surface area (Å²) >= 11 is 0. The summed E-state index contributed by atoms with van der Waals surface area (Å²) in [5.74, 6) is -0.940. The number of azide groups is 1. The lowest BCUT2D eigenvalue weighted by atomic mass is 10.0. The fourth-order valence-electron chi connectivity index (χ4n) is 3.04. The molecule has 2 aliphatic rings. The smallest absolute Gasteiger partial charge is 0.255 e. The maximum Gasteiger partial charge on any atom is 0.255 e. The van der Waals surface area contributed by atoms with Gasteiger partial charge in [0.2, 0.25) is 11.8 Å². The summed E-state index contributed by atoms with van der Waals surface area (Å²) in [6.07, 6.45) is 0.567. The monoisotopic (exact) mass is 328 g/mol. The molecule has 24 heavy (non-hydrogen) atoms. The molecule has 1 aromatic rings. The second kappa shape index (κ2) is 6.59. The number of imide groups is 1. The van der Waals surface area contributed by atoms with Crippen LogP contribution in [0.1, 0.15) is 28.8 Å². The van der Waals surface area contributed by atoms with E-state index >= 15 is 0 Å². The maximum absolute atomic E-state index is 12.6. The van der Waals surface area contributed by atoms with Crippen LogP contribution >= 0.6 is 0 Å². The number of amides is 3. The molecule has 1 atom stereocenters. The van der Waals surface area contributed by atoms with Crippen LogP contribution in [0.3, 0.4) is 0 Å². The molecule has 1 fully saturated rings. The quantitative estimate of drug-likeness (QED) is 0.276. The van der Waals surface area contributed by atoms with Crippen LogP contribution in [-0.4, -0.2) is 41.8 Å². The number of carbonyl (C=O) groups excluding carboxylic acids is 3. The molecular formula is C15H16N6O3. The molecule has 3 rings (SSSR count). The van der Waals surface area contributed by atoms with Crippen molar-refractivity contribution in [3.05, 3.63) is 39.8 Å². The number of anilines is 1. The van der Waals surface area contributed by atoms with Gasteiger partial charge in [0.25, 0.3) is 5.91 Å². The molecule has 2 N–H and O–H groups in total. The van der Waals surface area contributed by atoms with Gasteiger partial charge in [0, 0.05) is 47.8 Å². The first-order valence-corrected chi connectivity index (χ1v) is 7.63. The van der Waals surface area contributed by atoms with Crippen molar-refractivity contribution in [2.45, 2.75) is 25.4 Å². The number of nitrogens with zero attached hydrogens (tertiary/aromatic N) is 4. The fraction of sp³-hybridized carbons (Fsp3) is 0.400. The highest BCUT2D eigenvalue weighted by atomic mass is 16.2. The lowest BCUT2D eigenvalue weighted by Crippen LogP contribution is -2.52. The van der Waals surface area contributed by atoms with Crippen molar-refractivity contribution in [3.8, 4) is 0 Å². The Morgan fingerprint density at radius 3 is 2.96 bits per heavy atom. The topological polar surface area (TPSA) is 127 Å². The largest absolute Gasteiger partial charge is 0.385 e.